The Morgan fingerprint density at radius 1 is 1.05 bits per heavy atom. The van der Waals surface area contributed by atoms with Crippen LogP contribution < -0.4 is 5.32 Å². The predicted molar refractivity (Wildman–Crippen MR) is 78.2 cm³/mol. The number of H-pyrrole nitrogens is 1. The van der Waals surface area contributed by atoms with Crippen LogP contribution >= 0.6 is 0 Å². The van der Waals surface area contributed by atoms with Crippen molar-refractivity contribution in [1.29, 1.82) is 0 Å². The summed E-state index contributed by atoms with van der Waals surface area (Å²) in [6.07, 6.45) is 1.01. The fraction of sp³-hybridized carbons (Fsp3) is 0.176. The number of para-hydroxylation sites is 1. The maximum absolute atomic E-state index is 13.5. The summed E-state index contributed by atoms with van der Waals surface area (Å²) >= 11 is 0. The summed E-state index contributed by atoms with van der Waals surface area (Å²) in [5, 5.41) is 4.76. The van der Waals surface area contributed by atoms with E-state index in [1.165, 1.54) is 22.7 Å². The zero-order valence-corrected chi connectivity index (χ0v) is 11.0. The van der Waals surface area contributed by atoms with Crippen LogP contribution in [0.15, 0.2) is 48.5 Å². The van der Waals surface area contributed by atoms with E-state index in [1.54, 1.807) is 12.1 Å². The van der Waals surface area contributed by atoms with Gasteiger partial charge in [0.15, 0.2) is 0 Å². The number of fused-ring (bicyclic) bond motifs is 3. The van der Waals surface area contributed by atoms with E-state index in [2.05, 4.69) is 28.5 Å². The zero-order valence-electron chi connectivity index (χ0n) is 11.0. The monoisotopic (exact) mass is 266 g/mol. The molecule has 1 aliphatic rings. The summed E-state index contributed by atoms with van der Waals surface area (Å²) in [6.45, 7) is 0.913. The molecule has 0 amide bonds. The quantitative estimate of drug-likeness (QED) is 0.692. The van der Waals surface area contributed by atoms with Crippen LogP contribution in [0, 0.1) is 5.82 Å². The first-order valence-electron chi connectivity index (χ1n) is 6.91. The molecule has 2 nitrogen and oxygen atoms in total. The molecule has 0 spiro atoms. The first kappa shape index (κ1) is 11.7. The summed E-state index contributed by atoms with van der Waals surface area (Å²) in [4.78, 5) is 3.50. The molecule has 100 valence electrons. The minimum Gasteiger partial charge on any atom is -0.357 e. The zero-order chi connectivity index (χ0) is 13.5. The largest absolute Gasteiger partial charge is 0.357 e. The Morgan fingerprint density at radius 2 is 1.95 bits per heavy atom. The van der Waals surface area contributed by atoms with Crippen LogP contribution in [0.3, 0.4) is 0 Å². The van der Waals surface area contributed by atoms with Crippen molar-refractivity contribution in [2.45, 2.75) is 12.5 Å². The van der Waals surface area contributed by atoms with Crippen LogP contribution in [0.2, 0.25) is 0 Å². The molecule has 2 heterocycles. The highest BCUT2D eigenvalue weighted by atomic mass is 19.1. The summed E-state index contributed by atoms with van der Waals surface area (Å²) < 4.78 is 13.5. The number of nitrogens with one attached hydrogen (secondary N) is 2. The standard InChI is InChI=1S/C17H15FN2/c18-12-5-3-4-11(10-12)16-17-14(8-9-19-16)13-6-1-2-7-15(13)20-17/h1-7,10,16,19-20H,8-9H2/t16-/m0/s1. The molecule has 0 saturated heterocycles. The molecule has 3 heteroatoms. The van der Waals surface area contributed by atoms with Crippen molar-refractivity contribution in [3.8, 4) is 0 Å². The van der Waals surface area contributed by atoms with Gasteiger partial charge in [-0.3, -0.25) is 0 Å². The number of benzene rings is 2. The van der Waals surface area contributed by atoms with Crippen LogP contribution in [-0.2, 0) is 6.42 Å². The number of aromatic nitrogens is 1. The average Bonchev–Trinajstić information content (AvgIpc) is 2.86. The maximum Gasteiger partial charge on any atom is 0.123 e. The molecule has 1 atom stereocenters. The topological polar surface area (TPSA) is 27.8 Å². The summed E-state index contributed by atoms with van der Waals surface area (Å²) in [7, 11) is 0. The van der Waals surface area contributed by atoms with Crippen molar-refractivity contribution in [3.63, 3.8) is 0 Å². The van der Waals surface area contributed by atoms with E-state index in [0.717, 1.165) is 24.0 Å². The fourth-order valence-corrected chi connectivity index (χ4v) is 3.15. The number of rotatable bonds is 1. The summed E-state index contributed by atoms with van der Waals surface area (Å²) in [5.41, 5.74) is 4.65. The second kappa shape index (κ2) is 4.46. The second-order valence-electron chi connectivity index (χ2n) is 5.25. The normalized spacial score (nSPS) is 18.1. The molecule has 4 rings (SSSR count). The van der Waals surface area contributed by atoms with Gasteiger partial charge in [0.05, 0.1) is 6.04 Å². The molecule has 1 aliphatic heterocycles. The summed E-state index contributed by atoms with van der Waals surface area (Å²) in [5.74, 6) is -0.187. The lowest BCUT2D eigenvalue weighted by atomic mass is 9.94. The molecular weight excluding hydrogens is 251 g/mol. The molecule has 3 aromatic rings. The van der Waals surface area contributed by atoms with E-state index in [9.17, 15) is 4.39 Å². The van der Waals surface area contributed by atoms with E-state index < -0.39 is 0 Å². The first-order chi connectivity index (χ1) is 9.83. The van der Waals surface area contributed by atoms with Crippen LogP contribution in [0.25, 0.3) is 10.9 Å². The van der Waals surface area contributed by atoms with Gasteiger partial charge >= 0.3 is 0 Å². The Hall–Kier alpha value is -2.13. The molecule has 0 saturated carbocycles. The number of hydrogen-bond acceptors (Lipinski definition) is 1. The Bertz CT molecular complexity index is 776. The maximum atomic E-state index is 13.5. The predicted octanol–water partition coefficient (Wildman–Crippen LogP) is 3.54. The molecule has 0 bridgehead atoms. The van der Waals surface area contributed by atoms with Crippen molar-refractivity contribution in [3.05, 3.63) is 71.2 Å². The average molecular weight is 266 g/mol. The van der Waals surface area contributed by atoms with Crippen molar-refractivity contribution >= 4 is 10.9 Å². The lowest BCUT2D eigenvalue weighted by Gasteiger charge is -2.24. The second-order valence-corrected chi connectivity index (χ2v) is 5.25. The van der Waals surface area contributed by atoms with Gasteiger partial charge in [0.2, 0.25) is 0 Å². The van der Waals surface area contributed by atoms with Gasteiger partial charge < -0.3 is 10.3 Å². The Balaban J connectivity index is 1.90. The molecule has 0 fully saturated rings. The van der Waals surface area contributed by atoms with Gasteiger partial charge in [-0.2, -0.15) is 0 Å². The van der Waals surface area contributed by atoms with E-state index in [4.69, 9.17) is 0 Å². The minimum atomic E-state index is -0.187. The molecule has 0 aliphatic carbocycles. The van der Waals surface area contributed by atoms with E-state index in [0.29, 0.717) is 0 Å². The molecule has 2 N–H and O–H groups in total. The molecule has 2 aromatic carbocycles. The lowest BCUT2D eigenvalue weighted by Crippen LogP contribution is -2.30. The molecule has 20 heavy (non-hydrogen) atoms. The number of halogens is 1. The number of hydrogen-bond donors (Lipinski definition) is 2. The highest BCUT2D eigenvalue weighted by Crippen LogP contribution is 2.33. The van der Waals surface area contributed by atoms with E-state index in [-0.39, 0.29) is 11.9 Å². The first-order valence-corrected chi connectivity index (χ1v) is 6.91. The molecule has 0 radical (unpaired) electrons. The Morgan fingerprint density at radius 3 is 2.85 bits per heavy atom. The highest BCUT2D eigenvalue weighted by molar-refractivity contribution is 5.85. The van der Waals surface area contributed by atoms with Gasteiger partial charge in [-0.15, -0.1) is 0 Å². The third kappa shape index (κ3) is 1.74. The van der Waals surface area contributed by atoms with Crippen molar-refractivity contribution < 1.29 is 4.39 Å². The third-order valence-electron chi connectivity index (χ3n) is 4.04. The molecular formula is C17H15FN2. The van der Waals surface area contributed by atoms with Crippen LogP contribution in [0.1, 0.15) is 22.9 Å². The van der Waals surface area contributed by atoms with Gasteiger partial charge in [-0.1, -0.05) is 30.3 Å². The van der Waals surface area contributed by atoms with E-state index in [1.807, 2.05) is 12.1 Å². The SMILES string of the molecule is Fc1cccc([C@@H]2NCCc3c2[nH]c2ccccc32)c1. The third-order valence-corrected chi connectivity index (χ3v) is 4.04. The van der Waals surface area contributed by atoms with Gasteiger partial charge in [-0.05, 0) is 35.7 Å². The molecule has 0 unspecified atom stereocenters. The molecule has 1 aromatic heterocycles. The van der Waals surface area contributed by atoms with E-state index >= 15 is 0 Å². The van der Waals surface area contributed by atoms with Gasteiger partial charge in [0, 0.05) is 23.1 Å². The van der Waals surface area contributed by atoms with Crippen molar-refractivity contribution in [2.24, 2.45) is 0 Å². The highest BCUT2D eigenvalue weighted by Gasteiger charge is 2.25. The fourth-order valence-electron chi connectivity index (χ4n) is 3.15. The van der Waals surface area contributed by atoms with Gasteiger partial charge in [0.25, 0.3) is 0 Å². The van der Waals surface area contributed by atoms with Crippen molar-refractivity contribution in [1.82, 2.24) is 10.3 Å². The smallest absolute Gasteiger partial charge is 0.123 e. The van der Waals surface area contributed by atoms with Crippen LogP contribution in [0.5, 0.6) is 0 Å². The van der Waals surface area contributed by atoms with Crippen LogP contribution in [-0.4, -0.2) is 11.5 Å². The summed E-state index contributed by atoms with van der Waals surface area (Å²) in [6, 6.07) is 15.2. The van der Waals surface area contributed by atoms with Gasteiger partial charge in [0.1, 0.15) is 5.82 Å². The Labute approximate surface area is 116 Å². The van der Waals surface area contributed by atoms with Crippen LogP contribution in [0.4, 0.5) is 4.39 Å². The minimum absolute atomic E-state index is 0.0434. The van der Waals surface area contributed by atoms with Crippen molar-refractivity contribution in [2.75, 3.05) is 6.54 Å². The van der Waals surface area contributed by atoms with Gasteiger partial charge in [-0.25, -0.2) is 4.39 Å². The Kier molecular flexibility index (Phi) is 2.60. The number of aromatic amines is 1. The lowest BCUT2D eigenvalue weighted by molar-refractivity contribution is 0.553.